The number of aliphatic carboxylic acids is 2. The fourth-order valence-electron chi connectivity index (χ4n) is 5.58. The van der Waals surface area contributed by atoms with Crippen molar-refractivity contribution in [3.63, 3.8) is 0 Å². The molecule has 8 heteroatoms. The Labute approximate surface area is 288 Å². The van der Waals surface area contributed by atoms with Gasteiger partial charge in [0.15, 0.2) is 0 Å². The highest BCUT2D eigenvalue weighted by Gasteiger charge is 2.00. The van der Waals surface area contributed by atoms with Gasteiger partial charge in [-0.1, -0.05) is 189 Å². The van der Waals surface area contributed by atoms with Gasteiger partial charge in [-0.15, -0.1) is 0 Å². The van der Waals surface area contributed by atoms with E-state index in [0.717, 1.165) is 25.7 Å². The quantitative estimate of drug-likeness (QED) is 0.0486. The maximum absolute atomic E-state index is 10.5. The van der Waals surface area contributed by atoms with E-state index in [-0.39, 0.29) is 0 Å². The number of carboxylic acid groups (broad SMARTS) is 2. The molecule has 0 aliphatic heterocycles. The lowest BCUT2D eigenvalue weighted by molar-refractivity contribution is -0.138. The molecular weight excluding hydrogens is 625 g/mol. The van der Waals surface area contributed by atoms with Gasteiger partial charge in [-0.05, 0) is 45.3 Å². The van der Waals surface area contributed by atoms with Crippen LogP contribution < -0.4 is 0 Å². The molecule has 0 saturated carbocycles. The van der Waals surface area contributed by atoms with Crippen molar-refractivity contribution >= 4 is 53.2 Å². The van der Waals surface area contributed by atoms with Gasteiger partial charge in [0.1, 0.15) is 0 Å². The van der Waals surface area contributed by atoms with Crippen molar-refractivity contribution in [1.82, 2.24) is 0 Å². The van der Waals surface area contributed by atoms with Gasteiger partial charge in [0.2, 0.25) is 0 Å². The summed E-state index contributed by atoms with van der Waals surface area (Å²) >= 11 is 0. The molecule has 0 bridgehead atoms. The minimum atomic E-state index is -0.656. The molecular formula is C36H70O4S4. The summed E-state index contributed by atoms with van der Waals surface area (Å²) in [5, 5.41) is 17.3. The molecule has 0 aromatic carbocycles. The number of unbranched alkanes of at least 4 members (excludes halogenated alkanes) is 28. The van der Waals surface area contributed by atoms with Gasteiger partial charge in [-0.25, -0.2) is 0 Å². The molecule has 0 atom stereocenters. The van der Waals surface area contributed by atoms with Gasteiger partial charge in [0.25, 0.3) is 0 Å². The zero-order chi connectivity index (χ0) is 32.0. The second kappa shape index (κ2) is 39.5. The fraction of sp³-hybridized carbons (Fsp3) is 0.944. The molecule has 0 aliphatic rings. The highest BCUT2D eigenvalue weighted by molar-refractivity contribution is 9.26. The van der Waals surface area contributed by atoms with Crippen LogP contribution in [-0.4, -0.2) is 33.7 Å². The third-order valence-corrected chi connectivity index (χ3v) is 15.0. The molecule has 0 unspecified atom stereocenters. The van der Waals surface area contributed by atoms with Crippen LogP contribution in [0.4, 0.5) is 0 Å². The molecule has 0 spiro atoms. The third kappa shape index (κ3) is 42.3. The number of carboxylic acids is 2. The lowest BCUT2D eigenvalue weighted by Gasteiger charge is -2.04. The number of carbonyl (C=O) groups is 2. The maximum atomic E-state index is 10.5. The molecule has 0 saturated heterocycles. The van der Waals surface area contributed by atoms with Gasteiger partial charge in [0.05, 0.1) is 0 Å². The van der Waals surface area contributed by atoms with E-state index in [9.17, 15) is 9.59 Å². The average molecular weight is 695 g/mol. The van der Waals surface area contributed by atoms with Crippen molar-refractivity contribution < 1.29 is 19.8 Å². The normalized spacial score (nSPS) is 11.4. The molecule has 0 heterocycles. The van der Waals surface area contributed by atoms with E-state index >= 15 is 0 Å². The van der Waals surface area contributed by atoms with Crippen LogP contribution >= 0.6 is 41.2 Å². The van der Waals surface area contributed by atoms with Crippen LogP contribution in [0.2, 0.25) is 0 Å². The summed E-state index contributed by atoms with van der Waals surface area (Å²) in [5.41, 5.74) is 0. The Morgan fingerprint density at radius 3 is 0.682 bits per heavy atom. The Kier molecular flexibility index (Phi) is 39.8. The van der Waals surface area contributed by atoms with Crippen molar-refractivity contribution in [2.45, 2.75) is 205 Å². The van der Waals surface area contributed by atoms with Crippen LogP contribution in [0.15, 0.2) is 0 Å². The molecule has 4 nitrogen and oxygen atoms in total. The molecule has 0 aromatic rings. The summed E-state index contributed by atoms with van der Waals surface area (Å²) in [5.74, 6) is 1.29. The van der Waals surface area contributed by atoms with Gasteiger partial charge in [0, 0.05) is 24.3 Å². The number of rotatable bonds is 39. The molecule has 0 fully saturated rings. The summed E-state index contributed by atoms with van der Waals surface area (Å²) in [4.78, 5) is 21.0. The Balaban J connectivity index is 3.05. The molecule has 262 valence electrons. The van der Waals surface area contributed by atoms with Crippen molar-refractivity contribution in [2.75, 3.05) is 11.5 Å². The van der Waals surface area contributed by atoms with Crippen LogP contribution in [0.5, 0.6) is 0 Å². The Bertz CT molecular complexity index is 544. The summed E-state index contributed by atoms with van der Waals surface area (Å²) in [6.07, 6.45) is 40.1. The zero-order valence-corrected chi connectivity index (χ0v) is 31.7. The predicted octanol–water partition coefficient (Wildman–Crippen LogP) is 14.3. The standard InChI is InChI=1S/C36H70O4S4/c37-35(38)31-27-23-19-15-11-7-3-1-5-9-13-17-21-25-29-33-41-43-44-42-34-30-26-22-18-14-10-6-2-4-8-12-16-20-24-28-32-36(39)40/h1-34H2,(H,37,38)(H,39,40). The molecule has 0 rings (SSSR count). The molecule has 0 radical (unpaired) electrons. The third-order valence-electron chi connectivity index (χ3n) is 8.36. The first-order chi connectivity index (χ1) is 21.6. The van der Waals surface area contributed by atoms with E-state index in [2.05, 4.69) is 0 Å². The van der Waals surface area contributed by atoms with Crippen LogP contribution in [0, 0.1) is 0 Å². The largest absolute Gasteiger partial charge is 0.481 e. The molecule has 0 amide bonds. The fourth-order valence-corrected chi connectivity index (χ4v) is 11.8. The van der Waals surface area contributed by atoms with Gasteiger partial charge >= 0.3 is 11.9 Å². The van der Waals surface area contributed by atoms with Crippen molar-refractivity contribution in [3.8, 4) is 0 Å². The van der Waals surface area contributed by atoms with E-state index < -0.39 is 11.9 Å². The lowest BCUT2D eigenvalue weighted by Crippen LogP contribution is -1.93. The topological polar surface area (TPSA) is 74.6 Å². The summed E-state index contributed by atoms with van der Waals surface area (Å²) in [7, 11) is 8.07. The minimum Gasteiger partial charge on any atom is -0.481 e. The molecule has 0 aromatic heterocycles. The first kappa shape index (κ1) is 44.3. The predicted molar refractivity (Wildman–Crippen MR) is 203 cm³/mol. The highest BCUT2D eigenvalue weighted by atomic mass is 33.7. The average Bonchev–Trinajstić information content (AvgIpc) is 3.00. The zero-order valence-electron chi connectivity index (χ0n) is 28.4. The van der Waals surface area contributed by atoms with Gasteiger partial charge in [-0.3, -0.25) is 9.59 Å². The Morgan fingerprint density at radius 1 is 0.295 bits per heavy atom. The van der Waals surface area contributed by atoms with Crippen LogP contribution in [0.3, 0.4) is 0 Å². The number of hydrogen-bond acceptors (Lipinski definition) is 6. The smallest absolute Gasteiger partial charge is 0.303 e. The number of hydrogen-bond donors (Lipinski definition) is 2. The molecule has 2 N–H and O–H groups in total. The van der Waals surface area contributed by atoms with Gasteiger partial charge in [-0.2, -0.15) is 0 Å². The highest BCUT2D eigenvalue weighted by Crippen LogP contribution is 2.43. The van der Waals surface area contributed by atoms with E-state index in [4.69, 9.17) is 10.2 Å². The molecule has 0 aliphatic carbocycles. The molecule has 44 heavy (non-hydrogen) atoms. The van der Waals surface area contributed by atoms with Crippen LogP contribution in [0.25, 0.3) is 0 Å². The summed E-state index contributed by atoms with van der Waals surface area (Å²) in [6, 6.07) is 0. The monoisotopic (exact) mass is 694 g/mol. The maximum Gasteiger partial charge on any atom is 0.303 e. The SMILES string of the molecule is O=C(O)CCCCCCCCCCCCCCCCCSSSSCCCCCCCCCCCCCCCCCC(=O)O. The minimum absolute atomic E-state index is 0.337. The van der Waals surface area contributed by atoms with Crippen LogP contribution in [-0.2, 0) is 9.59 Å². The van der Waals surface area contributed by atoms with Gasteiger partial charge < -0.3 is 10.2 Å². The van der Waals surface area contributed by atoms with Crippen molar-refractivity contribution in [1.29, 1.82) is 0 Å². The summed E-state index contributed by atoms with van der Waals surface area (Å²) in [6.45, 7) is 0. The first-order valence-electron chi connectivity index (χ1n) is 18.6. The van der Waals surface area contributed by atoms with E-state index in [0.29, 0.717) is 12.8 Å². The Hall–Kier alpha value is 0.340. The van der Waals surface area contributed by atoms with E-state index in [1.54, 1.807) is 0 Å². The second-order valence-corrected chi connectivity index (χ2v) is 18.9. The van der Waals surface area contributed by atoms with E-state index in [1.165, 1.54) is 178 Å². The second-order valence-electron chi connectivity index (χ2n) is 12.7. The Morgan fingerprint density at radius 2 is 0.477 bits per heavy atom. The van der Waals surface area contributed by atoms with E-state index in [1.807, 2.05) is 41.2 Å². The first-order valence-corrected chi connectivity index (χ1v) is 23.8. The van der Waals surface area contributed by atoms with Crippen LogP contribution in [0.1, 0.15) is 205 Å². The lowest BCUT2D eigenvalue weighted by atomic mass is 10.0. The van der Waals surface area contributed by atoms with Crippen molar-refractivity contribution in [3.05, 3.63) is 0 Å². The van der Waals surface area contributed by atoms with Crippen molar-refractivity contribution in [2.24, 2.45) is 0 Å². The summed E-state index contributed by atoms with van der Waals surface area (Å²) < 4.78 is 0.